The zero-order valence-corrected chi connectivity index (χ0v) is 50.0. The van der Waals surface area contributed by atoms with Crippen LogP contribution in [0.4, 0.5) is 37.7 Å². The number of aromatic nitrogens is 8. The number of halogens is 6. The quantitative estimate of drug-likeness (QED) is 0.0218. The van der Waals surface area contributed by atoms with Gasteiger partial charge in [-0.1, -0.05) is 62.4 Å². The zero-order valence-electron chi connectivity index (χ0n) is 50.0. The third-order valence-electron chi connectivity index (χ3n) is 14.7. The van der Waals surface area contributed by atoms with Gasteiger partial charge in [-0.15, -0.1) is 0 Å². The van der Waals surface area contributed by atoms with Gasteiger partial charge >= 0.3 is 30.3 Å². The number of hydrogen-bond acceptors (Lipinski definition) is 13. The highest BCUT2D eigenvalue weighted by molar-refractivity contribution is 6.08. The van der Waals surface area contributed by atoms with Crippen molar-refractivity contribution in [2.24, 2.45) is 11.8 Å². The number of nitrogens with zero attached hydrogens (tertiary/aromatic N) is 6. The summed E-state index contributed by atoms with van der Waals surface area (Å²) in [4.78, 5) is 80.2. The summed E-state index contributed by atoms with van der Waals surface area (Å²) in [5.74, 6) is -4.45. The van der Waals surface area contributed by atoms with Gasteiger partial charge in [-0.25, -0.2) is 14.8 Å². The highest BCUT2D eigenvalue weighted by Gasteiger charge is 2.34. The maximum absolute atomic E-state index is 13.7. The van der Waals surface area contributed by atoms with Gasteiger partial charge in [0.15, 0.2) is 11.6 Å². The molecular formula is C66H62F6N10O9. The van der Waals surface area contributed by atoms with Crippen LogP contribution < -0.4 is 11.1 Å². The number of esters is 2. The summed E-state index contributed by atoms with van der Waals surface area (Å²) in [6, 6.07) is 32.4. The molecule has 25 heteroatoms. The van der Waals surface area contributed by atoms with Crippen LogP contribution >= 0.6 is 0 Å². The molecule has 0 spiro atoms. The number of aromatic amines is 2. The number of H-pyrrole nitrogens is 2. The Morgan fingerprint density at radius 3 is 1.42 bits per heavy atom. The molecule has 0 aliphatic carbocycles. The molecule has 0 fully saturated rings. The first-order valence-corrected chi connectivity index (χ1v) is 28.3. The molecule has 4 heterocycles. The van der Waals surface area contributed by atoms with Crippen LogP contribution in [0.3, 0.4) is 0 Å². The number of carbonyl (C=O) groups is 6. The van der Waals surface area contributed by atoms with Crippen LogP contribution in [0.1, 0.15) is 113 Å². The molecule has 0 aliphatic rings. The van der Waals surface area contributed by atoms with Crippen molar-refractivity contribution >= 4 is 68.6 Å². The third kappa shape index (κ3) is 16.9. The van der Waals surface area contributed by atoms with E-state index in [4.69, 9.17) is 15.6 Å². The topological polar surface area (TPSA) is 272 Å². The van der Waals surface area contributed by atoms with E-state index in [0.29, 0.717) is 52.6 Å². The number of hydrogen-bond donors (Lipinski definition) is 5. The van der Waals surface area contributed by atoms with Gasteiger partial charge in [0, 0.05) is 75.7 Å². The van der Waals surface area contributed by atoms with Gasteiger partial charge < -0.3 is 34.8 Å². The second-order valence-corrected chi connectivity index (χ2v) is 21.6. The predicted octanol–water partition coefficient (Wildman–Crippen LogP) is 12.7. The van der Waals surface area contributed by atoms with Crippen molar-refractivity contribution in [1.82, 2.24) is 39.5 Å². The van der Waals surface area contributed by atoms with E-state index < -0.39 is 64.7 Å². The lowest BCUT2D eigenvalue weighted by molar-refractivity contribution is -0.145. The molecule has 10 aromatic rings. The maximum Gasteiger partial charge on any atom is 0.416 e. The number of nitrogens with two attached hydrogens (primary N) is 1. The smallest absolute Gasteiger partial charge is 0.416 e. The average molecular weight is 1250 g/mol. The molecule has 1 amide bonds. The number of ketones is 2. The molecule has 0 saturated carbocycles. The van der Waals surface area contributed by atoms with E-state index in [1.54, 1.807) is 45.9 Å². The van der Waals surface area contributed by atoms with Gasteiger partial charge in [0.25, 0.3) is 5.91 Å². The fraction of sp³-hybridized carbons (Fsp3) is 0.242. The minimum absolute atomic E-state index is 0.0134. The summed E-state index contributed by atoms with van der Waals surface area (Å²) < 4.78 is 91.5. The van der Waals surface area contributed by atoms with E-state index in [0.717, 1.165) is 64.3 Å². The molecule has 0 radical (unpaired) electrons. The van der Waals surface area contributed by atoms with E-state index in [-0.39, 0.29) is 47.0 Å². The normalized spacial score (nSPS) is 12.0. The lowest BCUT2D eigenvalue weighted by atomic mass is 9.99. The first kappa shape index (κ1) is 66.2. The number of rotatable bonds is 19. The SMILES string of the molecule is COC(=O)[C@H](C)CC(=O)c1n[nH]c2cc(CCc3cccc(N)c3)ccc12.COC(=O)[C@H](C)CC(=O)c1n[nH]c2cc(CCc3cccc(NC(=O)c4cc(-n5cncc5C)cc(C(F)(F)F)c4)c3)ccc12.Cc1cncn1-c1cc(C(=O)O)cc(C(F)(F)F)c1. The highest BCUT2D eigenvalue weighted by atomic mass is 19.4. The van der Waals surface area contributed by atoms with Gasteiger partial charge in [0.1, 0.15) is 11.4 Å². The molecule has 0 bridgehead atoms. The molecule has 0 unspecified atom stereocenters. The molecule has 91 heavy (non-hydrogen) atoms. The van der Waals surface area contributed by atoms with Crippen molar-refractivity contribution in [3.8, 4) is 11.4 Å². The molecule has 19 nitrogen and oxygen atoms in total. The second-order valence-electron chi connectivity index (χ2n) is 21.6. The van der Waals surface area contributed by atoms with Gasteiger partial charge in [0.2, 0.25) is 0 Å². The summed E-state index contributed by atoms with van der Waals surface area (Å²) in [6.07, 6.45) is -0.474. The molecule has 0 saturated heterocycles. The Labute approximate surface area is 516 Å². The number of carboxylic acid groups (broad SMARTS) is 1. The van der Waals surface area contributed by atoms with Crippen molar-refractivity contribution in [3.05, 3.63) is 214 Å². The first-order chi connectivity index (χ1) is 43.2. The summed E-state index contributed by atoms with van der Waals surface area (Å²) in [5, 5.41) is 27.2. The Bertz CT molecular complexity index is 4320. The van der Waals surface area contributed by atoms with E-state index in [1.165, 1.54) is 66.1 Å². The van der Waals surface area contributed by atoms with Crippen molar-refractivity contribution < 1.29 is 69.7 Å². The Hall–Kier alpha value is -10.7. The van der Waals surface area contributed by atoms with E-state index in [2.05, 4.69) is 46.5 Å². The number of benzene rings is 6. The van der Waals surface area contributed by atoms with Crippen LogP contribution in [0.15, 0.2) is 146 Å². The van der Waals surface area contributed by atoms with Gasteiger partial charge in [0.05, 0.1) is 66.4 Å². The number of anilines is 2. The zero-order chi connectivity index (χ0) is 65.9. The lowest BCUT2D eigenvalue weighted by Crippen LogP contribution is -2.17. The minimum Gasteiger partial charge on any atom is -0.478 e. The Balaban J connectivity index is 0.000000196. The highest BCUT2D eigenvalue weighted by Crippen LogP contribution is 2.34. The number of methoxy groups -OCH3 is 2. The number of nitrogen functional groups attached to an aromatic ring is 1. The monoisotopic (exact) mass is 1250 g/mol. The van der Waals surface area contributed by atoms with Gasteiger partial charge in [-0.3, -0.25) is 34.2 Å². The molecule has 472 valence electrons. The Kier molecular flexibility index (Phi) is 20.8. The van der Waals surface area contributed by atoms with Crippen LogP contribution in [0.25, 0.3) is 33.2 Å². The molecular weight excluding hydrogens is 1190 g/mol. The fourth-order valence-corrected chi connectivity index (χ4v) is 9.87. The third-order valence-corrected chi connectivity index (χ3v) is 14.7. The summed E-state index contributed by atoms with van der Waals surface area (Å²) in [6.45, 7) is 6.67. The standard InChI is InChI=1S/C33H30F3N5O4.C21H23N3O3.C12H9F3N2O2/c1-19(32(44)45-3)11-29(42)30-27-10-9-22(13-28(27)39-40-30)8-7-21-5-4-6-25(12-21)38-31(43)23-14-24(33(34,35)36)16-26(15-23)41-18-37-17-20(41)2;1-13(21(26)27-2)10-19(25)20-17-9-8-15(12-18(17)23-24-20)7-6-14-4-3-5-16(22)11-14;1-7-5-16-6-17(7)10-3-8(11(18)19)2-9(4-10)12(13,14)15/h4-6,9-10,12-19H,7-8,11H2,1-3H3,(H,38,43)(H,39,40);3-5,8-9,11-13H,6-7,10,22H2,1-2H3,(H,23,24);2-6H,1H3,(H,18,19)/t19-;13-;/m11./s1. The molecule has 10 rings (SSSR count). The van der Waals surface area contributed by atoms with Crippen LogP contribution in [0.5, 0.6) is 0 Å². The fourth-order valence-electron chi connectivity index (χ4n) is 9.87. The van der Waals surface area contributed by atoms with Crippen LogP contribution in [0.2, 0.25) is 0 Å². The van der Waals surface area contributed by atoms with Crippen molar-refractivity contribution in [3.63, 3.8) is 0 Å². The largest absolute Gasteiger partial charge is 0.478 e. The van der Waals surface area contributed by atoms with Crippen LogP contribution in [0, 0.1) is 25.7 Å². The Morgan fingerprint density at radius 2 is 1.00 bits per heavy atom. The summed E-state index contributed by atoms with van der Waals surface area (Å²) in [5.41, 5.74) is 12.4. The average Bonchev–Trinajstić information content (AvgIpc) is 1.85. The number of fused-ring (bicyclic) bond motifs is 2. The number of carboxylic acids is 1. The first-order valence-electron chi connectivity index (χ1n) is 28.3. The summed E-state index contributed by atoms with van der Waals surface area (Å²) >= 11 is 0. The number of amides is 1. The number of aromatic carboxylic acids is 1. The number of imidazole rings is 2. The van der Waals surface area contributed by atoms with Crippen molar-refractivity contribution in [2.75, 3.05) is 25.3 Å². The number of nitrogens with one attached hydrogen (secondary N) is 3. The Morgan fingerprint density at radius 1 is 0.571 bits per heavy atom. The van der Waals surface area contributed by atoms with Crippen LogP contribution in [-0.2, 0) is 57.1 Å². The van der Waals surface area contributed by atoms with Gasteiger partial charge in [-0.05, 0) is 135 Å². The molecule has 4 aromatic heterocycles. The summed E-state index contributed by atoms with van der Waals surface area (Å²) in [7, 11) is 2.60. The van der Waals surface area contributed by atoms with E-state index >= 15 is 0 Å². The number of alkyl halides is 6. The molecule has 2 atom stereocenters. The minimum atomic E-state index is -4.64. The predicted molar refractivity (Wildman–Crippen MR) is 326 cm³/mol. The second kappa shape index (κ2) is 28.6. The van der Waals surface area contributed by atoms with E-state index in [9.17, 15) is 55.1 Å². The lowest BCUT2D eigenvalue weighted by Gasteiger charge is -2.14. The number of aryl methyl sites for hydroxylation is 6. The van der Waals surface area contributed by atoms with Gasteiger partial charge in [-0.2, -0.15) is 36.5 Å². The number of Topliss-reactive ketones (excluding diaryl/α,β-unsaturated/α-hetero) is 2. The molecule has 0 aliphatic heterocycles. The van der Waals surface area contributed by atoms with Crippen LogP contribution in [-0.4, -0.2) is 94.2 Å². The van der Waals surface area contributed by atoms with Crippen molar-refractivity contribution in [1.29, 1.82) is 0 Å². The van der Waals surface area contributed by atoms with E-state index in [1.807, 2.05) is 60.7 Å². The maximum atomic E-state index is 13.7. The molecule has 6 aromatic carbocycles. The number of ether oxygens (including phenoxy) is 2. The van der Waals surface area contributed by atoms with Crippen molar-refractivity contribution in [2.45, 2.75) is 78.6 Å². The number of carbonyl (C=O) groups excluding carboxylic acids is 5. The molecule has 6 N–H and O–H groups in total.